The number of carbonyl (C=O) groups excluding carboxylic acids is 1. The number of aryl methyl sites for hydroxylation is 3. The molecule has 3 aromatic rings. The van der Waals surface area contributed by atoms with Crippen molar-refractivity contribution in [1.29, 1.82) is 0 Å². The van der Waals surface area contributed by atoms with Crippen LogP contribution in [0.2, 0.25) is 0 Å². The number of likely N-dealkylation sites (tertiary alicyclic amines) is 1. The Bertz CT molecular complexity index is 1040. The van der Waals surface area contributed by atoms with Crippen LogP contribution in [0.15, 0.2) is 21.6 Å². The van der Waals surface area contributed by atoms with E-state index in [1.165, 1.54) is 0 Å². The van der Waals surface area contributed by atoms with Crippen molar-refractivity contribution in [2.45, 2.75) is 46.1 Å². The first-order chi connectivity index (χ1) is 13.0. The lowest BCUT2D eigenvalue weighted by Gasteiger charge is -2.33. The Morgan fingerprint density at radius 3 is 2.67 bits per heavy atom. The molecule has 4 rings (SSSR count). The van der Waals surface area contributed by atoms with E-state index in [2.05, 4.69) is 0 Å². The second-order valence-corrected chi connectivity index (χ2v) is 9.20. The molecule has 1 fully saturated rings. The van der Waals surface area contributed by atoms with E-state index in [4.69, 9.17) is 4.98 Å². The first-order valence-corrected chi connectivity index (χ1v) is 11.0. The standard InChI is InChI=1S/C20H23N3O2S2/c1-12-13(2)27-19-18(12)20(25)23(14(3)21-19)16-4-7-22(8-5-16)17(24)10-15-6-9-26-11-15/h6,9,11,16H,4-5,7-8,10H2,1-3H3. The number of amides is 1. The predicted octanol–water partition coefficient (Wildman–Crippen LogP) is 3.85. The topological polar surface area (TPSA) is 55.2 Å². The summed E-state index contributed by atoms with van der Waals surface area (Å²) < 4.78 is 1.86. The molecule has 0 atom stereocenters. The van der Waals surface area contributed by atoms with Crippen molar-refractivity contribution in [3.63, 3.8) is 0 Å². The maximum atomic E-state index is 13.2. The van der Waals surface area contributed by atoms with E-state index in [0.29, 0.717) is 19.5 Å². The predicted molar refractivity (Wildman–Crippen MR) is 111 cm³/mol. The van der Waals surface area contributed by atoms with Crippen LogP contribution in [0.4, 0.5) is 0 Å². The fourth-order valence-electron chi connectivity index (χ4n) is 3.89. The van der Waals surface area contributed by atoms with Crippen LogP contribution in [-0.2, 0) is 11.2 Å². The molecule has 0 unspecified atom stereocenters. The van der Waals surface area contributed by atoms with Crippen LogP contribution in [-0.4, -0.2) is 33.4 Å². The lowest BCUT2D eigenvalue weighted by Crippen LogP contribution is -2.42. The average Bonchev–Trinajstić information content (AvgIpc) is 3.24. The molecule has 0 aliphatic carbocycles. The van der Waals surface area contributed by atoms with E-state index in [-0.39, 0.29) is 17.5 Å². The van der Waals surface area contributed by atoms with Gasteiger partial charge in [-0.1, -0.05) is 0 Å². The molecule has 1 amide bonds. The maximum Gasteiger partial charge on any atom is 0.262 e. The summed E-state index contributed by atoms with van der Waals surface area (Å²) in [5.74, 6) is 0.950. The summed E-state index contributed by atoms with van der Waals surface area (Å²) in [6.07, 6.45) is 2.06. The van der Waals surface area contributed by atoms with E-state index >= 15 is 0 Å². The fourth-order valence-corrected chi connectivity index (χ4v) is 5.63. The van der Waals surface area contributed by atoms with E-state index in [0.717, 1.165) is 44.9 Å². The normalized spacial score (nSPS) is 15.6. The first-order valence-electron chi connectivity index (χ1n) is 9.23. The van der Waals surface area contributed by atoms with Crippen molar-refractivity contribution in [3.8, 4) is 0 Å². The highest BCUT2D eigenvalue weighted by atomic mass is 32.1. The highest BCUT2D eigenvalue weighted by Crippen LogP contribution is 2.29. The number of hydrogen-bond acceptors (Lipinski definition) is 5. The Kier molecular flexibility index (Phi) is 4.90. The molecular weight excluding hydrogens is 378 g/mol. The third-order valence-electron chi connectivity index (χ3n) is 5.53. The lowest BCUT2D eigenvalue weighted by molar-refractivity contribution is -0.131. The molecule has 0 radical (unpaired) electrons. The van der Waals surface area contributed by atoms with Crippen LogP contribution in [0.3, 0.4) is 0 Å². The van der Waals surface area contributed by atoms with Crippen LogP contribution in [0.25, 0.3) is 10.2 Å². The van der Waals surface area contributed by atoms with Crippen molar-refractivity contribution in [3.05, 3.63) is 49.0 Å². The smallest absolute Gasteiger partial charge is 0.262 e. The lowest BCUT2D eigenvalue weighted by atomic mass is 10.0. The minimum atomic E-state index is 0.0717. The van der Waals surface area contributed by atoms with E-state index < -0.39 is 0 Å². The number of thiophene rings is 2. The monoisotopic (exact) mass is 401 g/mol. The van der Waals surface area contributed by atoms with Gasteiger partial charge in [0.05, 0.1) is 11.8 Å². The van der Waals surface area contributed by atoms with Gasteiger partial charge in [0.25, 0.3) is 5.56 Å². The second-order valence-electron chi connectivity index (χ2n) is 7.22. The van der Waals surface area contributed by atoms with Crippen LogP contribution in [0.1, 0.15) is 40.7 Å². The van der Waals surface area contributed by atoms with Gasteiger partial charge in [0, 0.05) is 24.0 Å². The quantitative estimate of drug-likeness (QED) is 0.670. The van der Waals surface area contributed by atoms with Crippen molar-refractivity contribution < 1.29 is 4.79 Å². The Hall–Kier alpha value is -1.99. The molecule has 142 valence electrons. The molecule has 1 aliphatic rings. The number of carbonyl (C=O) groups is 1. The number of hydrogen-bond donors (Lipinski definition) is 0. The molecule has 7 heteroatoms. The van der Waals surface area contributed by atoms with Gasteiger partial charge in [-0.25, -0.2) is 4.98 Å². The molecule has 1 aliphatic heterocycles. The summed E-state index contributed by atoms with van der Waals surface area (Å²) in [4.78, 5) is 34.3. The van der Waals surface area contributed by atoms with Gasteiger partial charge in [-0.05, 0) is 61.6 Å². The number of aromatic nitrogens is 2. The average molecular weight is 402 g/mol. The van der Waals surface area contributed by atoms with Crippen LogP contribution >= 0.6 is 22.7 Å². The summed E-state index contributed by atoms with van der Waals surface area (Å²) in [5, 5.41) is 4.79. The molecule has 4 heterocycles. The van der Waals surface area contributed by atoms with Gasteiger partial charge in [0.15, 0.2) is 0 Å². The Morgan fingerprint density at radius 1 is 1.26 bits per heavy atom. The Morgan fingerprint density at radius 2 is 2.00 bits per heavy atom. The van der Waals surface area contributed by atoms with Gasteiger partial charge in [0.1, 0.15) is 10.7 Å². The zero-order valence-corrected chi connectivity index (χ0v) is 17.5. The number of fused-ring (bicyclic) bond motifs is 1. The molecule has 0 aromatic carbocycles. The molecule has 0 spiro atoms. The molecule has 0 N–H and O–H groups in total. The van der Waals surface area contributed by atoms with E-state index in [1.807, 2.05) is 47.1 Å². The molecule has 0 saturated carbocycles. The maximum absolute atomic E-state index is 13.2. The van der Waals surface area contributed by atoms with E-state index in [9.17, 15) is 9.59 Å². The van der Waals surface area contributed by atoms with Crippen molar-refractivity contribution in [2.24, 2.45) is 0 Å². The third-order valence-corrected chi connectivity index (χ3v) is 7.36. The number of piperidine rings is 1. The van der Waals surface area contributed by atoms with Crippen molar-refractivity contribution >= 4 is 38.8 Å². The van der Waals surface area contributed by atoms with Crippen LogP contribution in [0, 0.1) is 20.8 Å². The van der Waals surface area contributed by atoms with Crippen molar-refractivity contribution in [1.82, 2.24) is 14.5 Å². The first kappa shape index (κ1) is 18.4. The number of rotatable bonds is 3. The Balaban J connectivity index is 1.54. The zero-order valence-electron chi connectivity index (χ0n) is 15.8. The van der Waals surface area contributed by atoms with Crippen molar-refractivity contribution in [2.75, 3.05) is 13.1 Å². The highest BCUT2D eigenvalue weighted by Gasteiger charge is 2.27. The van der Waals surface area contributed by atoms with Gasteiger partial charge in [-0.2, -0.15) is 11.3 Å². The second kappa shape index (κ2) is 7.20. The van der Waals surface area contributed by atoms with Gasteiger partial charge < -0.3 is 4.90 Å². The summed E-state index contributed by atoms with van der Waals surface area (Å²) >= 11 is 3.21. The molecule has 3 aromatic heterocycles. The molecule has 0 bridgehead atoms. The number of nitrogens with zero attached hydrogens (tertiary/aromatic N) is 3. The van der Waals surface area contributed by atoms with Gasteiger partial charge in [-0.15, -0.1) is 11.3 Å². The SMILES string of the molecule is Cc1sc2nc(C)n(C3CCN(C(=O)Cc4ccsc4)CC3)c(=O)c2c1C. The van der Waals surface area contributed by atoms with Gasteiger partial charge in [-0.3, -0.25) is 14.2 Å². The van der Waals surface area contributed by atoms with Crippen LogP contribution < -0.4 is 5.56 Å². The largest absolute Gasteiger partial charge is 0.342 e. The summed E-state index contributed by atoms with van der Waals surface area (Å²) in [6.45, 7) is 7.35. The minimum absolute atomic E-state index is 0.0717. The van der Waals surface area contributed by atoms with E-state index in [1.54, 1.807) is 22.7 Å². The molecular formula is C20H23N3O2S2. The van der Waals surface area contributed by atoms with Crippen LogP contribution in [0.5, 0.6) is 0 Å². The summed E-state index contributed by atoms with van der Waals surface area (Å²) in [5.41, 5.74) is 2.20. The van der Waals surface area contributed by atoms with Gasteiger partial charge >= 0.3 is 0 Å². The zero-order chi connectivity index (χ0) is 19.1. The molecule has 27 heavy (non-hydrogen) atoms. The molecule has 1 saturated heterocycles. The highest BCUT2D eigenvalue weighted by molar-refractivity contribution is 7.18. The van der Waals surface area contributed by atoms with Gasteiger partial charge in [0.2, 0.25) is 5.91 Å². The summed E-state index contributed by atoms with van der Waals surface area (Å²) in [6, 6.07) is 2.11. The minimum Gasteiger partial charge on any atom is -0.342 e. The summed E-state index contributed by atoms with van der Waals surface area (Å²) in [7, 11) is 0. The Labute approximate surface area is 166 Å². The molecule has 5 nitrogen and oxygen atoms in total. The fraction of sp³-hybridized carbons (Fsp3) is 0.450. The third kappa shape index (κ3) is 3.34.